The van der Waals surface area contributed by atoms with Crippen molar-refractivity contribution >= 4 is 40.7 Å². The number of ether oxygens (including phenoxy) is 1. The van der Waals surface area contributed by atoms with Crippen molar-refractivity contribution in [2.45, 2.75) is 72.6 Å². The summed E-state index contributed by atoms with van der Waals surface area (Å²) in [6.07, 6.45) is 1.74. The van der Waals surface area contributed by atoms with Gasteiger partial charge in [0.2, 0.25) is 0 Å². The first-order valence-electron chi connectivity index (χ1n) is 12.4. The lowest BCUT2D eigenvalue weighted by Gasteiger charge is -2.49. The number of hydrogen-bond donors (Lipinski definition) is 1. The second-order valence-corrected chi connectivity index (χ2v) is 12.4. The first-order chi connectivity index (χ1) is 16.7. The fraction of sp³-hybridized carbons (Fsp3) is 0.536. The van der Waals surface area contributed by atoms with E-state index in [9.17, 15) is 19.5 Å². The van der Waals surface area contributed by atoms with Crippen LogP contribution in [0, 0.1) is 10.8 Å². The maximum absolute atomic E-state index is 13.8. The molecule has 0 atom stereocenters. The van der Waals surface area contributed by atoms with Gasteiger partial charge in [-0.05, 0) is 42.7 Å². The predicted molar refractivity (Wildman–Crippen MR) is 139 cm³/mol. The zero-order valence-corrected chi connectivity index (χ0v) is 23.0. The van der Waals surface area contributed by atoms with Gasteiger partial charge in [-0.15, -0.1) is 0 Å². The Morgan fingerprint density at radius 3 is 2.00 bits per heavy atom. The smallest absolute Gasteiger partial charge is 0.305 e. The Hall–Kier alpha value is -2.31. The molecular weight excluding hydrogens is 501 g/mol. The standard InChI is InChI=1S/C28H33Cl2NO5/c1-6-36-26-16(9-15(29)10-17(26)30)23-24-18(11-27(2,3)13-20(24)32)31(8-7-22(34)35)19-12-28(4,5)14-21(33)25(19)23/h9-10,23H,6-8,11-14H2,1-5H3,(H,34,35). The molecule has 1 heterocycles. The van der Waals surface area contributed by atoms with E-state index in [4.69, 9.17) is 27.9 Å². The number of carboxylic acid groups (broad SMARTS) is 1. The van der Waals surface area contributed by atoms with Gasteiger partial charge in [0, 0.05) is 58.4 Å². The number of halogens is 2. The van der Waals surface area contributed by atoms with Crippen LogP contribution in [0.25, 0.3) is 0 Å². The van der Waals surface area contributed by atoms with E-state index in [1.54, 1.807) is 12.1 Å². The number of ketones is 2. The average molecular weight is 534 g/mol. The van der Waals surface area contributed by atoms with Crippen molar-refractivity contribution in [1.29, 1.82) is 0 Å². The Morgan fingerprint density at radius 1 is 1.00 bits per heavy atom. The van der Waals surface area contributed by atoms with Crippen molar-refractivity contribution in [2.24, 2.45) is 10.8 Å². The third-order valence-electron chi connectivity index (χ3n) is 7.21. The van der Waals surface area contributed by atoms with Crippen molar-refractivity contribution in [1.82, 2.24) is 4.90 Å². The fourth-order valence-corrected chi connectivity index (χ4v) is 6.49. The molecule has 0 fully saturated rings. The second-order valence-electron chi connectivity index (χ2n) is 11.6. The average Bonchev–Trinajstić information content (AvgIpc) is 2.71. The highest BCUT2D eigenvalue weighted by Crippen LogP contribution is 2.56. The van der Waals surface area contributed by atoms with E-state index in [-0.39, 0.29) is 35.4 Å². The summed E-state index contributed by atoms with van der Waals surface area (Å²) in [5, 5.41) is 10.2. The highest BCUT2D eigenvalue weighted by Gasteiger charge is 2.49. The van der Waals surface area contributed by atoms with Gasteiger partial charge >= 0.3 is 5.97 Å². The molecule has 36 heavy (non-hydrogen) atoms. The van der Waals surface area contributed by atoms with E-state index < -0.39 is 11.9 Å². The van der Waals surface area contributed by atoms with E-state index >= 15 is 0 Å². The van der Waals surface area contributed by atoms with Crippen LogP contribution in [0.2, 0.25) is 10.0 Å². The van der Waals surface area contributed by atoms with Crippen molar-refractivity contribution in [3.63, 3.8) is 0 Å². The molecule has 194 valence electrons. The molecule has 6 nitrogen and oxygen atoms in total. The Labute approximate surface area is 222 Å². The van der Waals surface area contributed by atoms with Gasteiger partial charge < -0.3 is 14.7 Å². The first kappa shape index (κ1) is 26.7. The number of benzene rings is 1. The second kappa shape index (κ2) is 9.53. The van der Waals surface area contributed by atoms with E-state index in [1.165, 1.54) is 0 Å². The number of allylic oxidation sites excluding steroid dienone is 4. The van der Waals surface area contributed by atoms with Gasteiger partial charge in [0.15, 0.2) is 11.6 Å². The molecule has 0 saturated carbocycles. The molecule has 0 saturated heterocycles. The molecule has 8 heteroatoms. The summed E-state index contributed by atoms with van der Waals surface area (Å²) in [7, 11) is 0. The minimum absolute atomic E-state index is 0.0469. The number of carbonyl (C=O) groups is 3. The summed E-state index contributed by atoms with van der Waals surface area (Å²) < 4.78 is 5.94. The van der Waals surface area contributed by atoms with E-state index in [0.717, 1.165) is 11.4 Å². The minimum Gasteiger partial charge on any atom is -0.492 e. The van der Waals surface area contributed by atoms with Crippen molar-refractivity contribution < 1.29 is 24.2 Å². The number of Topliss-reactive ketones (excluding diaryl/α,β-unsaturated/α-hetero) is 2. The van der Waals surface area contributed by atoms with Gasteiger partial charge in [0.1, 0.15) is 5.75 Å². The summed E-state index contributed by atoms with van der Waals surface area (Å²) in [5.41, 5.74) is 2.66. The number of nitrogens with zero attached hydrogens (tertiary/aromatic N) is 1. The van der Waals surface area contributed by atoms with Crippen LogP contribution in [-0.2, 0) is 14.4 Å². The number of rotatable bonds is 6. The van der Waals surface area contributed by atoms with Crippen molar-refractivity contribution in [3.05, 3.63) is 50.3 Å². The van der Waals surface area contributed by atoms with Gasteiger partial charge in [0.05, 0.1) is 18.1 Å². The highest BCUT2D eigenvalue weighted by molar-refractivity contribution is 6.35. The monoisotopic (exact) mass is 533 g/mol. The maximum Gasteiger partial charge on any atom is 0.305 e. The Balaban J connectivity index is 2.05. The molecule has 0 radical (unpaired) electrons. The third kappa shape index (κ3) is 4.95. The van der Waals surface area contributed by atoms with Crippen LogP contribution in [0.5, 0.6) is 5.75 Å². The molecular formula is C28H33Cl2NO5. The molecule has 1 aromatic rings. The zero-order chi connectivity index (χ0) is 26.6. The predicted octanol–water partition coefficient (Wildman–Crippen LogP) is 6.55. The Kier molecular flexibility index (Phi) is 7.08. The summed E-state index contributed by atoms with van der Waals surface area (Å²) in [6, 6.07) is 3.34. The van der Waals surface area contributed by atoms with E-state index in [2.05, 4.69) is 0 Å². The molecule has 0 aromatic heterocycles. The third-order valence-corrected chi connectivity index (χ3v) is 7.71. The van der Waals surface area contributed by atoms with Crippen molar-refractivity contribution in [3.8, 4) is 5.75 Å². The molecule has 0 bridgehead atoms. The minimum atomic E-state index is -0.926. The summed E-state index contributed by atoms with van der Waals surface area (Å²) in [4.78, 5) is 41.2. The van der Waals surface area contributed by atoms with E-state index in [1.807, 2.05) is 39.5 Å². The molecule has 1 aromatic carbocycles. The Bertz CT molecular complexity index is 1160. The molecule has 1 N–H and O–H groups in total. The molecule has 1 aliphatic heterocycles. The number of aliphatic carboxylic acids is 1. The quantitative estimate of drug-likeness (QED) is 0.446. The molecule has 3 aliphatic rings. The number of carboxylic acids is 1. The van der Waals surface area contributed by atoms with Crippen LogP contribution in [0.4, 0.5) is 0 Å². The van der Waals surface area contributed by atoms with Crippen LogP contribution in [0.1, 0.15) is 78.2 Å². The van der Waals surface area contributed by atoms with Crippen LogP contribution in [0.3, 0.4) is 0 Å². The number of carbonyl (C=O) groups excluding carboxylic acids is 2. The zero-order valence-electron chi connectivity index (χ0n) is 21.5. The molecule has 0 unspecified atom stereocenters. The highest BCUT2D eigenvalue weighted by atomic mass is 35.5. The molecule has 0 amide bonds. The molecule has 2 aliphatic carbocycles. The summed E-state index contributed by atoms with van der Waals surface area (Å²) >= 11 is 13.0. The van der Waals surface area contributed by atoms with Gasteiger partial charge in [-0.2, -0.15) is 0 Å². The van der Waals surface area contributed by atoms with Gasteiger partial charge in [-0.3, -0.25) is 14.4 Å². The lowest BCUT2D eigenvalue weighted by Crippen LogP contribution is -2.45. The van der Waals surface area contributed by atoms with Crippen molar-refractivity contribution in [2.75, 3.05) is 13.2 Å². The maximum atomic E-state index is 13.8. The normalized spacial score (nSPS) is 21.5. The largest absolute Gasteiger partial charge is 0.492 e. The SMILES string of the molecule is CCOc1c(Cl)cc(Cl)cc1C1C2=C(CC(C)(C)CC2=O)N(CCC(=O)O)C2=C1C(=O)CC(C)(C)C2. The first-order valence-corrected chi connectivity index (χ1v) is 13.1. The van der Waals surface area contributed by atoms with Crippen LogP contribution < -0.4 is 4.74 Å². The van der Waals surface area contributed by atoms with Crippen LogP contribution >= 0.6 is 23.2 Å². The number of hydrogen-bond acceptors (Lipinski definition) is 5. The van der Waals surface area contributed by atoms with Gasteiger partial charge in [0.25, 0.3) is 0 Å². The van der Waals surface area contributed by atoms with E-state index in [0.29, 0.717) is 64.8 Å². The van der Waals surface area contributed by atoms with Gasteiger partial charge in [-0.25, -0.2) is 0 Å². The molecule has 4 rings (SSSR count). The summed E-state index contributed by atoms with van der Waals surface area (Å²) in [5.74, 6) is -1.27. The topological polar surface area (TPSA) is 83.9 Å². The molecule has 0 spiro atoms. The lowest BCUT2D eigenvalue weighted by molar-refractivity contribution is -0.137. The van der Waals surface area contributed by atoms with Crippen LogP contribution in [-0.4, -0.2) is 40.7 Å². The van der Waals surface area contributed by atoms with Gasteiger partial charge in [-0.1, -0.05) is 50.9 Å². The lowest BCUT2D eigenvalue weighted by atomic mass is 9.63. The Morgan fingerprint density at radius 2 is 1.53 bits per heavy atom. The summed E-state index contributed by atoms with van der Waals surface area (Å²) in [6.45, 7) is 10.6. The fourth-order valence-electron chi connectivity index (χ4n) is 5.93. The van der Waals surface area contributed by atoms with Crippen LogP contribution in [0.15, 0.2) is 34.7 Å².